The van der Waals surface area contributed by atoms with Gasteiger partial charge in [-0.05, 0) is 42.5 Å². The summed E-state index contributed by atoms with van der Waals surface area (Å²) in [5, 5.41) is 16.7. The highest BCUT2D eigenvalue weighted by molar-refractivity contribution is 7.90. The second-order valence-electron chi connectivity index (χ2n) is 6.58. The molecule has 2 rings (SSSR count). The summed E-state index contributed by atoms with van der Waals surface area (Å²) in [6.45, 7) is -0.468. The molecule has 0 aromatic heterocycles. The summed E-state index contributed by atoms with van der Waals surface area (Å²) in [6, 6.07) is 16.2. The number of nitrogens with one attached hydrogen (secondary N) is 1. The number of carbonyl (C=O) groups excluding carboxylic acids is 1. The van der Waals surface area contributed by atoms with Crippen LogP contribution in [-0.2, 0) is 32.8 Å². The number of unbranched alkanes of at least 4 members (excludes halogenated alkanes) is 1. The molecule has 0 aliphatic heterocycles. The maximum Gasteiger partial charge on any atom is 0.324 e. The number of anilines is 1. The minimum atomic E-state index is -4.20. The predicted octanol–water partition coefficient (Wildman–Crippen LogP) is 1.81. The van der Waals surface area contributed by atoms with Crippen molar-refractivity contribution in [2.75, 3.05) is 10.8 Å². The zero-order valence-electron chi connectivity index (χ0n) is 16.0. The van der Waals surface area contributed by atoms with Crippen LogP contribution in [0.15, 0.2) is 54.6 Å². The fourth-order valence-electron chi connectivity index (χ4n) is 2.78. The van der Waals surface area contributed by atoms with E-state index >= 15 is 0 Å². The van der Waals surface area contributed by atoms with Crippen molar-refractivity contribution in [3.8, 4) is 0 Å². The summed E-state index contributed by atoms with van der Waals surface area (Å²) >= 11 is 0. The number of rotatable bonds is 11. The second-order valence-corrected chi connectivity index (χ2v) is 8.05. The lowest BCUT2D eigenvalue weighted by atomic mass is 10.1. The number of carboxylic acids is 1. The molecule has 0 radical (unpaired) electrons. The molecule has 0 saturated carbocycles. The van der Waals surface area contributed by atoms with E-state index in [1.807, 2.05) is 18.2 Å². The van der Waals surface area contributed by atoms with Crippen molar-refractivity contribution in [3.63, 3.8) is 0 Å². The van der Waals surface area contributed by atoms with E-state index < -0.39 is 22.7 Å². The van der Waals surface area contributed by atoms with Gasteiger partial charge < -0.3 is 10.4 Å². The van der Waals surface area contributed by atoms with Crippen molar-refractivity contribution in [2.45, 2.75) is 32.2 Å². The molecule has 0 aliphatic carbocycles. The van der Waals surface area contributed by atoms with Crippen LogP contribution in [0, 0.1) is 0 Å². The normalized spacial score (nSPS) is 11.1. The Kier molecular flexibility index (Phi) is 8.17. The number of nitrogens with two attached hydrogens (primary N) is 1. The molecule has 9 heteroatoms. The van der Waals surface area contributed by atoms with Crippen LogP contribution in [0.4, 0.5) is 5.69 Å². The van der Waals surface area contributed by atoms with Crippen molar-refractivity contribution in [2.24, 2.45) is 5.14 Å². The van der Waals surface area contributed by atoms with Crippen LogP contribution >= 0.6 is 0 Å². The van der Waals surface area contributed by atoms with Gasteiger partial charge in [-0.25, -0.2) is 9.44 Å². The number of aryl methyl sites for hydroxylation is 1. The Morgan fingerprint density at radius 3 is 2.21 bits per heavy atom. The third-order valence-electron chi connectivity index (χ3n) is 4.26. The van der Waals surface area contributed by atoms with E-state index in [1.165, 1.54) is 17.7 Å². The zero-order valence-corrected chi connectivity index (χ0v) is 16.8. The minimum absolute atomic E-state index is 0.0563. The van der Waals surface area contributed by atoms with E-state index in [4.69, 9.17) is 10.2 Å². The van der Waals surface area contributed by atoms with Crippen LogP contribution < -0.4 is 14.8 Å². The number of nitrogens with zero attached hydrogens (tertiary/aromatic N) is 1. The highest BCUT2D eigenvalue weighted by Crippen LogP contribution is 2.17. The van der Waals surface area contributed by atoms with Crippen LogP contribution in [0.5, 0.6) is 0 Å². The first-order chi connectivity index (χ1) is 13.8. The highest BCUT2D eigenvalue weighted by Gasteiger charge is 2.20. The first-order valence-electron chi connectivity index (χ1n) is 9.17. The largest absolute Gasteiger partial charge is 0.480 e. The Morgan fingerprint density at radius 1 is 0.966 bits per heavy atom. The molecule has 29 heavy (non-hydrogen) atoms. The summed E-state index contributed by atoms with van der Waals surface area (Å²) in [5.41, 5.74) is 2.16. The van der Waals surface area contributed by atoms with Crippen LogP contribution in [0.2, 0.25) is 0 Å². The van der Waals surface area contributed by atoms with Gasteiger partial charge in [0.2, 0.25) is 5.91 Å². The second kappa shape index (κ2) is 10.6. The molecule has 0 aliphatic rings. The third kappa shape index (κ3) is 7.92. The molecule has 2 aromatic rings. The van der Waals surface area contributed by atoms with Gasteiger partial charge in [-0.2, -0.15) is 8.42 Å². The minimum Gasteiger partial charge on any atom is -0.480 e. The Labute approximate surface area is 170 Å². The monoisotopic (exact) mass is 419 g/mol. The molecule has 2 aromatic carbocycles. The zero-order chi connectivity index (χ0) is 21.3. The molecule has 8 nitrogen and oxygen atoms in total. The van der Waals surface area contributed by atoms with E-state index in [0.29, 0.717) is 17.3 Å². The molecule has 0 saturated heterocycles. The average Bonchev–Trinajstić information content (AvgIpc) is 2.68. The van der Waals surface area contributed by atoms with E-state index in [9.17, 15) is 18.0 Å². The summed E-state index contributed by atoms with van der Waals surface area (Å²) in [7, 11) is -4.20. The average molecular weight is 420 g/mol. The number of amides is 1. The summed E-state index contributed by atoms with van der Waals surface area (Å²) in [4.78, 5) is 22.8. The lowest BCUT2D eigenvalue weighted by Gasteiger charge is -2.19. The maximum absolute atomic E-state index is 12.0. The van der Waals surface area contributed by atoms with Gasteiger partial charge in [-0.15, -0.1) is 0 Å². The molecule has 0 unspecified atom stereocenters. The van der Waals surface area contributed by atoms with E-state index in [0.717, 1.165) is 24.8 Å². The van der Waals surface area contributed by atoms with Gasteiger partial charge in [0, 0.05) is 13.0 Å². The Bertz CT molecular complexity index is 915. The molecule has 0 bridgehead atoms. The summed E-state index contributed by atoms with van der Waals surface area (Å²) in [5.74, 6) is -1.37. The fraction of sp³-hybridized carbons (Fsp3) is 0.300. The fourth-order valence-corrected chi connectivity index (χ4v) is 3.49. The van der Waals surface area contributed by atoms with Crippen molar-refractivity contribution in [1.82, 2.24) is 5.32 Å². The van der Waals surface area contributed by atoms with Gasteiger partial charge in [0.05, 0.1) is 5.69 Å². The first-order valence-corrected chi connectivity index (χ1v) is 10.7. The van der Waals surface area contributed by atoms with E-state index in [2.05, 4.69) is 17.4 Å². The molecule has 1 amide bonds. The molecule has 0 atom stereocenters. The summed E-state index contributed by atoms with van der Waals surface area (Å²) < 4.78 is 23.7. The standard InChI is InChI=1S/C20H25N3O5S/c21-29(27,28)23(15-20(25)26)18-12-10-17(11-13-18)14-22-19(24)9-5-4-8-16-6-2-1-3-7-16/h1-3,6-7,10-13H,4-5,8-9,14-15H2,(H,22,24)(H,25,26)(H2,21,27,28). The Morgan fingerprint density at radius 2 is 1.62 bits per heavy atom. The Balaban J connectivity index is 1.78. The van der Waals surface area contributed by atoms with Gasteiger partial charge in [0.25, 0.3) is 10.2 Å². The number of hydrogen-bond donors (Lipinski definition) is 3. The van der Waals surface area contributed by atoms with Crippen LogP contribution in [0.25, 0.3) is 0 Å². The van der Waals surface area contributed by atoms with Crippen LogP contribution in [0.1, 0.15) is 30.4 Å². The summed E-state index contributed by atoms with van der Waals surface area (Å²) in [6.07, 6.45) is 3.09. The quantitative estimate of drug-likeness (QED) is 0.478. The molecule has 0 spiro atoms. The van der Waals surface area contributed by atoms with Gasteiger partial charge in [0.15, 0.2) is 0 Å². The predicted molar refractivity (Wildman–Crippen MR) is 110 cm³/mol. The van der Waals surface area contributed by atoms with Crippen molar-refractivity contribution < 1.29 is 23.1 Å². The number of hydrogen-bond acceptors (Lipinski definition) is 4. The number of carbonyl (C=O) groups is 2. The highest BCUT2D eigenvalue weighted by atomic mass is 32.2. The molecular formula is C20H25N3O5S. The smallest absolute Gasteiger partial charge is 0.324 e. The molecular weight excluding hydrogens is 394 g/mol. The van der Waals surface area contributed by atoms with Crippen molar-refractivity contribution in [3.05, 3.63) is 65.7 Å². The maximum atomic E-state index is 12.0. The van der Waals surface area contributed by atoms with Gasteiger partial charge in [-0.3, -0.25) is 9.59 Å². The lowest BCUT2D eigenvalue weighted by molar-refractivity contribution is -0.135. The number of aliphatic carboxylic acids is 1. The van der Waals surface area contributed by atoms with Gasteiger partial charge >= 0.3 is 5.97 Å². The Hall–Kier alpha value is -2.91. The van der Waals surface area contributed by atoms with E-state index in [-0.39, 0.29) is 11.6 Å². The lowest BCUT2D eigenvalue weighted by Crippen LogP contribution is -2.40. The SMILES string of the molecule is NS(=O)(=O)N(CC(=O)O)c1ccc(CNC(=O)CCCCc2ccccc2)cc1. The topological polar surface area (TPSA) is 130 Å². The number of benzene rings is 2. The number of carboxylic acid groups (broad SMARTS) is 1. The van der Waals surface area contributed by atoms with E-state index in [1.54, 1.807) is 12.1 Å². The van der Waals surface area contributed by atoms with Gasteiger partial charge in [0.1, 0.15) is 6.54 Å². The third-order valence-corrected chi connectivity index (χ3v) is 5.22. The van der Waals surface area contributed by atoms with Crippen molar-refractivity contribution in [1.29, 1.82) is 0 Å². The van der Waals surface area contributed by atoms with Crippen molar-refractivity contribution >= 4 is 27.8 Å². The van der Waals surface area contributed by atoms with Crippen LogP contribution in [-0.4, -0.2) is 31.9 Å². The molecule has 4 N–H and O–H groups in total. The first kappa shape index (κ1) is 22.4. The molecule has 156 valence electrons. The van der Waals surface area contributed by atoms with Gasteiger partial charge in [-0.1, -0.05) is 42.5 Å². The molecule has 0 fully saturated rings. The van der Waals surface area contributed by atoms with Crippen LogP contribution in [0.3, 0.4) is 0 Å². The molecule has 0 heterocycles.